The van der Waals surface area contributed by atoms with Crippen molar-refractivity contribution >= 4 is 28.9 Å². The van der Waals surface area contributed by atoms with Crippen LogP contribution in [-0.4, -0.2) is 11.3 Å². The number of para-hydroxylation sites is 1. The monoisotopic (exact) mass is 385 g/mol. The van der Waals surface area contributed by atoms with Crippen LogP contribution in [0.4, 0.5) is 5.69 Å². The van der Waals surface area contributed by atoms with E-state index in [-0.39, 0.29) is 0 Å². The van der Waals surface area contributed by atoms with Crippen LogP contribution < -0.4 is 0 Å². The van der Waals surface area contributed by atoms with Crippen molar-refractivity contribution in [2.24, 2.45) is 4.99 Å². The van der Waals surface area contributed by atoms with Crippen molar-refractivity contribution in [2.45, 2.75) is 13.8 Å². The maximum absolute atomic E-state index is 9.83. The van der Waals surface area contributed by atoms with E-state index in [2.05, 4.69) is 4.99 Å². The number of aryl methyl sites for hydroxylation is 2. The molecule has 0 spiro atoms. The summed E-state index contributed by atoms with van der Waals surface area (Å²) in [5.74, 6) is 0.295. The molecule has 0 unspecified atom stereocenters. The number of aromatic hydroxyl groups is 1. The van der Waals surface area contributed by atoms with E-state index >= 15 is 0 Å². The zero-order valence-corrected chi connectivity index (χ0v) is 15.2. The Morgan fingerprint density at radius 1 is 1.05 bits per heavy atom. The number of hydrogen-bond donors (Lipinski definition) is 1. The quantitative estimate of drug-likeness (QED) is 0.712. The zero-order valence-electron chi connectivity index (χ0n) is 11.3. The fourth-order valence-electron chi connectivity index (χ4n) is 1.56. The molecule has 2 aromatic carbocycles. The van der Waals surface area contributed by atoms with Crippen LogP contribution in [0.3, 0.4) is 0 Å². The summed E-state index contributed by atoms with van der Waals surface area (Å²) in [5, 5.41) is 9.83. The number of hydrogen-bond acceptors (Lipinski definition) is 2. The van der Waals surface area contributed by atoms with E-state index in [0.29, 0.717) is 5.75 Å². The van der Waals surface area contributed by atoms with Gasteiger partial charge in [0.2, 0.25) is 0 Å². The molecule has 20 heavy (non-hydrogen) atoms. The molecular weight excluding hydrogens is 372 g/mol. The Morgan fingerprint density at radius 3 is 2.25 bits per heavy atom. The van der Waals surface area contributed by atoms with Crippen LogP contribution in [0.1, 0.15) is 16.7 Å². The van der Waals surface area contributed by atoms with E-state index < -0.39 is 20.8 Å². The molecule has 0 aliphatic carbocycles. The Labute approximate surface area is 138 Å². The van der Waals surface area contributed by atoms with Gasteiger partial charge in [-0.1, -0.05) is 29.8 Å². The normalized spacial score (nSPS) is 10.0. The van der Waals surface area contributed by atoms with Gasteiger partial charge in [-0.2, -0.15) is 0 Å². The molecule has 0 saturated carbocycles. The van der Waals surface area contributed by atoms with Gasteiger partial charge in [-0.25, -0.2) is 0 Å². The number of nitrogens with zero attached hydrogens (tertiary/aromatic N) is 1. The van der Waals surface area contributed by atoms with Crippen LogP contribution >= 0.6 is 17.0 Å². The predicted octanol–water partition coefficient (Wildman–Crippen LogP) is 5.14. The third-order valence-electron chi connectivity index (χ3n) is 2.66. The molecule has 0 saturated heterocycles. The fraction of sp³-hybridized carbons (Fsp3) is 0.133. The van der Waals surface area contributed by atoms with Gasteiger partial charge in [-0.3, -0.25) is 4.99 Å². The van der Waals surface area contributed by atoms with Crippen molar-refractivity contribution < 1.29 is 26.0 Å². The van der Waals surface area contributed by atoms with Crippen molar-refractivity contribution in [2.75, 3.05) is 0 Å². The molecule has 0 aliphatic heterocycles. The van der Waals surface area contributed by atoms with E-state index in [1.54, 1.807) is 6.21 Å². The Balaban J connectivity index is 0.000000612. The average Bonchev–Trinajstić information content (AvgIpc) is 2.43. The predicted molar refractivity (Wildman–Crippen MR) is 83.0 cm³/mol. The molecule has 0 aromatic heterocycles. The van der Waals surface area contributed by atoms with Gasteiger partial charge in [-0.05, 0) is 37.6 Å². The summed E-state index contributed by atoms with van der Waals surface area (Å²) in [5.41, 5.74) is 3.70. The first-order valence-corrected chi connectivity index (χ1v) is 12.3. The van der Waals surface area contributed by atoms with Crippen molar-refractivity contribution in [3.8, 4) is 5.75 Å². The number of rotatable bonds is 2. The molecule has 0 bridgehead atoms. The Bertz CT molecular complexity index is 571. The molecule has 1 N–H and O–H groups in total. The third kappa shape index (κ3) is 5.79. The van der Waals surface area contributed by atoms with Crippen LogP contribution in [-0.2, 0) is 20.8 Å². The van der Waals surface area contributed by atoms with E-state index in [1.807, 2.05) is 56.3 Å². The summed E-state index contributed by atoms with van der Waals surface area (Å²) in [6.45, 7) is 3.92. The van der Waals surface area contributed by atoms with E-state index in [4.69, 9.17) is 17.0 Å². The number of halogens is 2. The minimum atomic E-state index is -0.826. The molecule has 2 nitrogen and oxygen atoms in total. The van der Waals surface area contributed by atoms with Crippen molar-refractivity contribution in [3.05, 3.63) is 59.2 Å². The Hall–Kier alpha value is -0.627. The van der Waals surface area contributed by atoms with Gasteiger partial charge in [0, 0.05) is 11.8 Å². The first-order valence-electron chi connectivity index (χ1n) is 5.94. The number of aliphatic imine (C=N–C) groups is 1. The van der Waals surface area contributed by atoms with E-state index in [1.165, 1.54) is 5.56 Å². The summed E-state index contributed by atoms with van der Waals surface area (Å²) in [6, 6.07) is 13.6. The summed E-state index contributed by atoms with van der Waals surface area (Å²) < 4.78 is 0. The van der Waals surface area contributed by atoms with Crippen molar-refractivity contribution in [1.82, 2.24) is 0 Å². The van der Waals surface area contributed by atoms with Crippen LogP contribution in [0.2, 0.25) is 0 Å². The molecule has 0 amide bonds. The van der Waals surface area contributed by atoms with Crippen molar-refractivity contribution in [1.29, 1.82) is 0 Å². The van der Waals surface area contributed by atoms with Gasteiger partial charge in [0.1, 0.15) is 5.75 Å². The second-order valence-electron chi connectivity index (χ2n) is 4.18. The fourth-order valence-corrected chi connectivity index (χ4v) is 1.56. The van der Waals surface area contributed by atoms with Crippen LogP contribution in [0.15, 0.2) is 47.5 Å². The molecule has 5 heteroatoms. The van der Waals surface area contributed by atoms with Crippen LogP contribution in [0, 0.1) is 13.8 Å². The van der Waals surface area contributed by atoms with Crippen molar-refractivity contribution in [3.63, 3.8) is 0 Å². The molecule has 2 aromatic rings. The van der Waals surface area contributed by atoms with Gasteiger partial charge < -0.3 is 5.11 Å². The number of phenolic OH excluding ortho intramolecular Hbond substituents is 1. The summed E-state index contributed by atoms with van der Waals surface area (Å²) >= 11 is -0.826. The summed E-state index contributed by atoms with van der Waals surface area (Å²) in [7, 11) is 9.87. The van der Waals surface area contributed by atoms with Gasteiger partial charge in [-0.15, -0.1) is 0 Å². The topological polar surface area (TPSA) is 32.6 Å². The molecule has 2 rings (SSSR count). The Kier molecular flexibility index (Phi) is 8.13. The van der Waals surface area contributed by atoms with Crippen LogP contribution in [0.5, 0.6) is 5.75 Å². The van der Waals surface area contributed by atoms with E-state index in [9.17, 15) is 5.11 Å². The molecular formula is C15H15Cl2NOZr. The molecule has 104 valence electrons. The minimum absolute atomic E-state index is 0.295. The van der Waals surface area contributed by atoms with Gasteiger partial charge in [0.25, 0.3) is 0 Å². The first-order chi connectivity index (χ1) is 9.58. The molecule has 0 radical (unpaired) electrons. The zero-order chi connectivity index (χ0) is 15.0. The standard InChI is InChI=1S/C15H15NO.2ClH.Zr/c1-11-6-8-14(9-7-11)16-10-13-5-3-4-12(2)15(13)17;;;/h3-10,17H,1-2H3;2*1H;/q;;;+2/p-2. The summed E-state index contributed by atoms with van der Waals surface area (Å²) in [4.78, 5) is 4.33. The first kappa shape index (κ1) is 17.4. The third-order valence-corrected chi connectivity index (χ3v) is 2.66. The van der Waals surface area contributed by atoms with Crippen LogP contribution in [0.25, 0.3) is 0 Å². The molecule has 0 heterocycles. The second kappa shape index (κ2) is 9.34. The van der Waals surface area contributed by atoms with Gasteiger partial charge in [0.05, 0.1) is 5.69 Å². The number of benzene rings is 2. The Morgan fingerprint density at radius 2 is 1.65 bits per heavy atom. The number of phenols is 1. The van der Waals surface area contributed by atoms with Gasteiger partial charge >= 0.3 is 37.9 Å². The SMILES string of the molecule is Cc1ccc(N=Cc2cccc(C)c2O)cc1.[Cl][Zr][Cl]. The summed E-state index contributed by atoms with van der Waals surface area (Å²) in [6.07, 6.45) is 1.69. The van der Waals surface area contributed by atoms with Gasteiger partial charge in [0.15, 0.2) is 0 Å². The molecule has 0 atom stereocenters. The molecule has 0 aliphatic rings. The second-order valence-corrected chi connectivity index (χ2v) is 7.91. The van der Waals surface area contributed by atoms with E-state index in [0.717, 1.165) is 16.8 Å². The molecule has 0 fully saturated rings. The maximum atomic E-state index is 9.83. The average molecular weight is 387 g/mol.